The molecule has 1 aromatic heterocycles. The van der Waals surface area contributed by atoms with Crippen molar-refractivity contribution in [2.75, 3.05) is 5.73 Å². The van der Waals surface area contributed by atoms with Crippen molar-refractivity contribution in [2.24, 2.45) is 0 Å². The number of rotatable bonds is 5. The summed E-state index contributed by atoms with van der Waals surface area (Å²) < 4.78 is 0.872. The van der Waals surface area contributed by atoms with Gasteiger partial charge in [-0.05, 0) is 52.2 Å². The summed E-state index contributed by atoms with van der Waals surface area (Å²) in [5, 5.41) is 10.3. The van der Waals surface area contributed by atoms with Crippen LogP contribution in [0.15, 0.2) is 41.1 Å². The third-order valence-corrected chi connectivity index (χ3v) is 3.78. The van der Waals surface area contributed by atoms with Crippen molar-refractivity contribution in [1.29, 1.82) is 5.41 Å². The highest BCUT2D eigenvalue weighted by Crippen LogP contribution is 2.20. The number of nitrogens with two attached hydrogens (primary N) is 1. The van der Waals surface area contributed by atoms with Crippen LogP contribution in [-0.2, 0) is 0 Å². The number of carbonyl (C=O) groups is 1. The molecule has 0 radical (unpaired) electrons. The Morgan fingerprint density at radius 2 is 2.23 bits per heavy atom. The van der Waals surface area contributed by atoms with Gasteiger partial charge in [0.1, 0.15) is 0 Å². The SMILES string of the molecule is CCC(NC(=O)c1ccc(N)c(C=N)c1)c1cncc(Br)c1. The van der Waals surface area contributed by atoms with E-state index in [1.807, 2.05) is 13.0 Å². The fourth-order valence-corrected chi connectivity index (χ4v) is 2.51. The topological polar surface area (TPSA) is 91.9 Å². The Hall–Kier alpha value is -2.21. The van der Waals surface area contributed by atoms with Gasteiger partial charge in [-0.3, -0.25) is 9.78 Å². The van der Waals surface area contributed by atoms with E-state index >= 15 is 0 Å². The van der Waals surface area contributed by atoms with E-state index in [0.29, 0.717) is 16.8 Å². The van der Waals surface area contributed by atoms with Gasteiger partial charge in [0.2, 0.25) is 0 Å². The number of nitrogen functional groups attached to an aromatic ring is 1. The number of benzene rings is 1. The Morgan fingerprint density at radius 1 is 1.45 bits per heavy atom. The van der Waals surface area contributed by atoms with Crippen molar-refractivity contribution in [3.05, 3.63) is 57.8 Å². The minimum absolute atomic E-state index is 0.126. The molecular weight excluding hydrogens is 344 g/mol. The Labute approximate surface area is 137 Å². The molecule has 2 aromatic rings. The second kappa shape index (κ2) is 7.17. The van der Waals surface area contributed by atoms with Crippen LogP contribution < -0.4 is 11.1 Å². The van der Waals surface area contributed by atoms with Crippen LogP contribution in [0.1, 0.15) is 40.9 Å². The lowest BCUT2D eigenvalue weighted by molar-refractivity contribution is 0.0935. The van der Waals surface area contributed by atoms with Gasteiger partial charge >= 0.3 is 0 Å². The average Bonchev–Trinajstić information content (AvgIpc) is 2.52. The lowest BCUT2D eigenvalue weighted by Crippen LogP contribution is -2.28. The second-order valence-electron chi connectivity index (χ2n) is 4.86. The van der Waals surface area contributed by atoms with E-state index in [0.717, 1.165) is 22.7 Å². The maximum absolute atomic E-state index is 12.4. The molecule has 0 saturated carbocycles. The van der Waals surface area contributed by atoms with Gasteiger partial charge < -0.3 is 16.5 Å². The largest absolute Gasteiger partial charge is 0.398 e. The van der Waals surface area contributed by atoms with E-state index in [9.17, 15) is 4.79 Å². The fraction of sp³-hybridized carbons (Fsp3) is 0.188. The van der Waals surface area contributed by atoms with Gasteiger partial charge in [0.05, 0.1) is 6.04 Å². The number of aromatic nitrogens is 1. The number of nitrogens with zero attached hydrogens (tertiary/aromatic N) is 1. The van der Waals surface area contributed by atoms with Crippen molar-refractivity contribution in [2.45, 2.75) is 19.4 Å². The molecule has 6 heteroatoms. The standard InChI is InChI=1S/C16H17BrN4O/c1-2-15(12-6-13(17)9-20-8-12)21-16(22)10-3-4-14(19)11(5-10)7-18/h3-9,15,18H,2,19H2,1H3,(H,21,22). The predicted molar refractivity (Wildman–Crippen MR) is 91.2 cm³/mol. The predicted octanol–water partition coefficient (Wildman–Crippen LogP) is 3.31. The van der Waals surface area contributed by atoms with Crippen LogP contribution in [0, 0.1) is 5.41 Å². The van der Waals surface area contributed by atoms with Crippen LogP contribution >= 0.6 is 15.9 Å². The Morgan fingerprint density at radius 3 is 2.86 bits per heavy atom. The summed E-state index contributed by atoms with van der Waals surface area (Å²) in [6, 6.07) is 6.72. The first kappa shape index (κ1) is 16.2. The van der Waals surface area contributed by atoms with Gasteiger partial charge in [0, 0.05) is 39.9 Å². The molecule has 114 valence electrons. The molecule has 0 aliphatic heterocycles. The monoisotopic (exact) mass is 360 g/mol. The van der Waals surface area contributed by atoms with Crippen molar-refractivity contribution in [3.63, 3.8) is 0 Å². The van der Waals surface area contributed by atoms with Crippen LogP contribution in [-0.4, -0.2) is 17.1 Å². The zero-order chi connectivity index (χ0) is 16.1. The number of hydrogen-bond donors (Lipinski definition) is 3. The van der Waals surface area contributed by atoms with E-state index in [4.69, 9.17) is 11.1 Å². The molecular formula is C16H17BrN4O. The number of amides is 1. The second-order valence-corrected chi connectivity index (χ2v) is 5.77. The molecule has 4 N–H and O–H groups in total. The van der Waals surface area contributed by atoms with Gasteiger partial charge in [-0.25, -0.2) is 0 Å². The zero-order valence-electron chi connectivity index (χ0n) is 12.1. The van der Waals surface area contributed by atoms with E-state index < -0.39 is 0 Å². The normalized spacial score (nSPS) is 11.7. The Kier molecular flexibility index (Phi) is 5.27. The highest BCUT2D eigenvalue weighted by atomic mass is 79.9. The highest BCUT2D eigenvalue weighted by molar-refractivity contribution is 9.10. The molecule has 0 aliphatic carbocycles. The summed E-state index contributed by atoms with van der Waals surface area (Å²) in [6.45, 7) is 2.00. The Bertz CT molecular complexity index is 702. The van der Waals surface area contributed by atoms with Gasteiger partial charge in [-0.1, -0.05) is 6.92 Å². The summed E-state index contributed by atoms with van der Waals surface area (Å²) in [4.78, 5) is 16.5. The lowest BCUT2D eigenvalue weighted by atomic mass is 10.0. The third kappa shape index (κ3) is 3.71. The summed E-state index contributed by atoms with van der Waals surface area (Å²) in [7, 11) is 0. The number of carbonyl (C=O) groups excluding carboxylic acids is 1. The molecule has 0 spiro atoms. The molecule has 0 bridgehead atoms. The first-order valence-electron chi connectivity index (χ1n) is 6.86. The van der Waals surface area contributed by atoms with Crippen molar-refractivity contribution >= 4 is 33.7 Å². The van der Waals surface area contributed by atoms with Crippen molar-refractivity contribution in [1.82, 2.24) is 10.3 Å². The summed E-state index contributed by atoms with van der Waals surface area (Å²) in [5.41, 5.74) is 8.17. The van der Waals surface area contributed by atoms with Crippen LogP contribution in [0.2, 0.25) is 0 Å². The lowest BCUT2D eigenvalue weighted by Gasteiger charge is -2.17. The molecule has 1 aromatic carbocycles. The average molecular weight is 361 g/mol. The van der Waals surface area contributed by atoms with E-state index in [1.165, 1.54) is 0 Å². The summed E-state index contributed by atoms with van der Waals surface area (Å²) >= 11 is 3.38. The van der Waals surface area contributed by atoms with Crippen LogP contribution in [0.25, 0.3) is 0 Å². The van der Waals surface area contributed by atoms with Crippen molar-refractivity contribution in [3.8, 4) is 0 Å². The number of hydrogen-bond acceptors (Lipinski definition) is 4. The zero-order valence-corrected chi connectivity index (χ0v) is 13.7. The van der Waals surface area contributed by atoms with Crippen LogP contribution in [0.3, 0.4) is 0 Å². The molecule has 0 saturated heterocycles. The number of pyridine rings is 1. The molecule has 5 nitrogen and oxygen atoms in total. The molecule has 22 heavy (non-hydrogen) atoms. The Balaban J connectivity index is 2.21. The summed E-state index contributed by atoms with van der Waals surface area (Å²) in [6.07, 6.45) is 5.33. The van der Waals surface area contributed by atoms with Gasteiger partial charge in [-0.15, -0.1) is 0 Å². The third-order valence-electron chi connectivity index (χ3n) is 3.35. The molecule has 1 heterocycles. The first-order valence-corrected chi connectivity index (χ1v) is 7.65. The van der Waals surface area contributed by atoms with Crippen LogP contribution in [0.5, 0.6) is 0 Å². The molecule has 1 atom stereocenters. The van der Waals surface area contributed by atoms with Gasteiger partial charge in [-0.2, -0.15) is 0 Å². The number of nitrogens with one attached hydrogen (secondary N) is 2. The highest BCUT2D eigenvalue weighted by Gasteiger charge is 2.15. The molecule has 1 unspecified atom stereocenters. The van der Waals surface area contributed by atoms with E-state index in [-0.39, 0.29) is 11.9 Å². The summed E-state index contributed by atoms with van der Waals surface area (Å²) in [5.74, 6) is -0.199. The quantitative estimate of drug-likeness (QED) is 0.564. The molecule has 0 aliphatic rings. The smallest absolute Gasteiger partial charge is 0.251 e. The van der Waals surface area contributed by atoms with E-state index in [2.05, 4.69) is 26.2 Å². The number of anilines is 1. The van der Waals surface area contributed by atoms with E-state index in [1.54, 1.807) is 30.6 Å². The molecule has 0 fully saturated rings. The molecule has 1 amide bonds. The minimum Gasteiger partial charge on any atom is -0.398 e. The van der Waals surface area contributed by atoms with Gasteiger partial charge in [0.25, 0.3) is 5.91 Å². The number of halogens is 1. The van der Waals surface area contributed by atoms with Crippen LogP contribution in [0.4, 0.5) is 5.69 Å². The van der Waals surface area contributed by atoms with Crippen molar-refractivity contribution < 1.29 is 4.79 Å². The molecule has 2 rings (SSSR count). The minimum atomic E-state index is -0.199. The van der Waals surface area contributed by atoms with Gasteiger partial charge in [0.15, 0.2) is 0 Å². The maximum Gasteiger partial charge on any atom is 0.251 e. The first-order chi connectivity index (χ1) is 10.5. The maximum atomic E-state index is 12.4. The fourth-order valence-electron chi connectivity index (χ4n) is 2.12.